The Morgan fingerprint density at radius 1 is 1.22 bits per heavy atom. The molecule has 1 amide bonds. The number of aromatic nitrogens is 3. The summed E-state index contributed by atoms with van der Waals surface area (Å²) in [6, 6.07) is 11.8. The highest BCUT2D eigenvalue weighted by Gasteiger charge is 2.24. The molecule has 4 N–H and O–H groups in total. The maximum Gasteiger partial charge on any atom is 0.407 e. The first-order valence-corrected chi connectivity index (χ1v) is 9.01. The summed E-state index contributed by atoms with van der Waals surface area (Å²) in [7, 11) is 0. The van der Waals surface area contributed by atoms with Crippen molar-refractivity contribution in [3.63, 3.8) is 0 Å². The van der Waals surface area contributed by atoms with Crippen molar-refractivity contribution in [2.24, 2.45) is 0 Å². The molecule has 0 spiro atoms. The number of carbonyl (C=O) groups is 1. The van der Waals surface area contributed by atoms with Crippen LogP contribution in [0, 0.1) is 0 Å². The number of nitrogens with one attached hydrogen (secondary N) is 1. The largest absolute Gasteiger partial charge is 0.465 e. The zero-order chi connectivity index (χ0) is 18.8. The highest BCUT2D eigenvalue weighted by Crippen LogP contribution is 2.24. The highest BCUT2D eigenvalue weighted by molar-refractivity contribution is 5.79. The van der Waals surface area contributed by atoms with Crippen LogP contribution in [0.15, 0.2) is 42.6 Å². The molecule has 140 valence electrons. The molecule has 2 aromatic heterocycles. The summed E-state index contributed by atoms with van der Waals surface area (Å²) >= 11 is 0. The van der Waals surface area contributed by atoms with Crippen LogP contribution in [0.4, 0.5) is 16.4 Å². The lowest BCUT2D eigenvalue weighted by Gasteiger charge is -2.30. The monoisotopic (exact) mass is 366 g/mol. The van der Waals surface area contributed by atoms with Gasteiger partial charge < -0.3 is 25.6 Å². The fourth-order valence-electron chi connectivity index (χ4n) is 3.48. The molecule has 4 rings (SSSR count). The normalized spacial score (nSPS) is 15.2. The Morgan fingerprint density at radius 2 is 2.00 bits per heavy atom. The first kappa shape index (κ1) is 17.1. The molecule has 0 atom stereocenters. The molecule has 0 bridgehead atoms. The van der Waals surface area contributed by atoms with Gasteiger partial charge in [-0.15, -0.1) is 0 Å². The maximum absolute atomic E-state index is 11.1. The summed E-state index contributed by atoms with van der Waals surface area (Å²) in [5.41, 5.74) is 9.43. The Labute approximate surface area is 156 Å². The quantitative estimate of drug-likeness (QED) is 0.655. The van der Waals surface area contributed by atoms with Crippen LogP contribution in [0.5, 0.6) is 0 Å². The van der Waals surface area contributed by atoms with Crippen molar-refractivity contribution in [3.8, 4) is 0 Å². The number of benzene rings is 1. The molecular formula is C19H22N6O2. The predicted molar refractivity (Wildman–Crippen MR) is 104 cm³/mol. The number of hydrogen-bond donors (Lipinski definition) is 3. The summed E-state index contributed by atoms with van der Waals surface area (Å²) in [6.07, 6.45) is 2.38. The fourth-order valence-corrected chi connectivity index (χ4v) is 3.48. The lowest BCUT2D eigenvalue weighted by atomic mass is 10.1. The van der Waals surface area contributed by atoms with Crippen molar-refractivity contribution in [2.45, 2.75) is 25.4 Å². The van der Waals surface area contributed by atoms with Gasteiger partial charge in [0.1, 0.15) is 0 Å². The second-order valence-electron chi connectivity index (χ2n) is 6.74. The minimum atomic E-state index is -0.855. The SMILES string of the molecule is Nc1cccnc1Cn1c(NC2CCN(C(=O)O)CC2)nc2ccccc21. The number of fused-ring (bicyclic) bond motifs is 1. The van der Waals surface area contributed by atoms with Crippen molar-refractivity contribution in [3.05, 3.63) is 48.3 Å². The average Bonchev–Trinajstić information content (AvgIpc) is 3.01. The molecule has 0 radical (unpaired) electrons. The fraction of sp³-hybridized carbons (Fsp3) is 0.316. The molecule has 3 heterocycles. The van der Waals surface area contributed by atoms with E-state index in [1.165, 1.54) is 4.90 Å². The van der Waals surface area contributed by atoms with Gasteiger partial charge in [-0.3, -0.25) is 4.98 Å². The van der Waals surface area contributed by atoms with Gasteiger partial charge in [0.15, 0.2) is 0 Å². The molecule has 0 unspecified atom stereocenters. The van der Waals surface area contributed by atoms with Crippen LogP contribution in [0.1, 0.15) is 18.5 Å². The van der Waals surface area contributed by atoms with E-state index in [2.05, 4.69) is 14.9 Å². The second-order valence-corrected chi connectivity index (χ2v) is 6.74. The number of nitrogens with two attached hydrogens (primary N) is 1. The van der Waals surface area contributed by atoms with Gasteiger partial charge in [0.05, 0.1) is 29.0 Å². The van der Waals surface area contributed by atoms with Gasteiger partial charge in [-0.25, -0.2) is 9.78 Å². The van der Waals surface area contributed by atoms with Crippen LogP contribution >= 0.6 is 0 Å². The Hall–Kier alpha value is -3.29. The van der Waals surface area contributed by atoms with Gasteiger partial charge in [-0.1, -0.05) is 12.1 Å². The molecule has 1 saturated heterocycles. The van der Waals surface area contributed by atoms with E-state index >= 15 is 0 Å². The van der Waals surface area contributed by atoms with Crippen LogP contribution in [0.3, 0.4) is 0 Å². The molecule has 1 aliphatic rings. The molecule has 0 saturated carbocycles. The average molecular weight is 366 g/mol. The number of nitrogens with zero attached hydrogens (tertiary/aromatic N) is 4. The Bertz CT molecular complexity index is 962. The Balaban J connectivity index is 1.61. The number of anilines is 2. The van der Waals surface area contributed by atoms with E-state index in [0.29, 0.717) is 25.3 Å². The Kier molecular flexibility index (Phi) is 4.53. The van der Waals surface area contributed by atoms with E-state index in [1.54, 1.807) is 6.20 Å². The first-order chi connectivity index (χ1) is 13.1. The van der Waals surface area contributed by atoms with Gasteiger partial charge >= 0.3 is 6.09 Å². The van der Waals surface area contributed by atoms with Crippen LogP contribution in [-0.4, -0.2) is 49.8 Å². The van der Waals surface area contributed by atoms with Gasteiger partial charge in [0.25, 0.3) is 0 Å². The van der Waals surface area contributed by atoms with Gasteiger partial charge in [0, 0.05) is 25.3 Å². The molecular weight excluding hydrogens is 344 g/mol. The van der Waals surface area contributed by atoms with Crippen LogP contribution in [-0.2, 0) is 6.54 Å². The third-order valence-electron chi connectivity index (χ3n) is 4.99. The van der Waals surface area contributed by atoms with Gasteiger partial charge in [0.2, 0.25) is 5.95 Å². The third kappa shape index (κ3) is 3.51. The lowest BCUT2D eigenvalue weighted by molar-refractivity contribution is 0.133. The highest BCUT2D eigenvalue weighted by atomic mass is 16.4. The summed E-state index contributed by atoms with van der Waals surface area (Å²) in [5.74, 6) is 0.759. The van der Waals surface area contributed by atoms with E-state index in [4.69, 9.17) is 15.8 Å². The summed E-state index contributed by atoms with van der Waals surface area (Å²) in [4.78, 5) is 21.7. The van der Waals surface area contributed by atoms with E-state index in [9.17, 15) is 4.79 Å². The molecule has 8 nitrogen and oxygen atoms in total. The lowest BCUT2D eigenvalue weighted by Crippen LogP contribution is -2.42. The second kappa shape index (κ2) is 7.14. The number of hydrogen-bond acceptors (Lipinski definition) is 5. The summed E-state index contributed by atoms with van der Waals surface area (Å²) in [6.45, 7) is 1.57. The van der Waals surface area contributed by atoms with Crippen molar-refractivity contribution in [2.75, 3.05) is 24.1 Å². The number of nitrogen functional groups attached to an aromatic ring is 1. The minimum Gasteiger partial charge on any atom is -0.465 e. The van der Waals surface area contributed by atoms with Gasteiger partial charge in [-0.2, -0.15) is 0 Å². The molecule has 27 heavy (non-hydrogen) atoms. The number of likely N-dealkylation sites (tertiary alicyclic amines) is 1. The number of pyridine rings is 1. The molecule has 8 heteroatoms. The predicted octanol–water partition coefficient (Wildman–Crippen LogP) is 2.62. The summed E-state index contributed by atoms with van der Waals surface area (Å²) < 4.78 is 2.08. The van der Waals surface area contributed by atoms with Crippen molar-refractivity contribution in [1.29, 1.82) is 0 Å². The van der Waals surface area contributed by atoms with E-state index in [0.717, 1.165) is 35.5 Å². The van der Waals surface area contributed by atoms with Crippen molar-refractivity contribution in [1.82, 2.24) is 19.4 Å². The standard InChI is InChI=1S/C19H22N6O2/c20-14-4-3-9-21-16(14)12-25-17-6-2-1-5-15(17)23-18(25)22-13-7-10-24(11-8-13)19(26)27/h1-6,9,13H,7-8,10-12,20H2,(H,22,23)(H,26,27). The van der Waals surface area contributed by atoms with Crippen molar-refractivity contribution >= 4 is 28.8 Å². The zero-order valence-corrected chi connectivity index (χ0v) is 14.9. The van der Waals surface area contributed by atoms with Gasteiger partial charge in [-0.05, 0) is 37.1 Å². The number of carboxylic acid groups (broad SMARTS) is 1. The maximum atomic E-state index is 11.1. The Morgan fingerprint density at radius 3 is 2.74 bits per heavy atom. The van der Waals surface area contributed by atoms with Crippen LogP contribution < -0.4 is 11.1 Å². The number of para-hydroxylation sites is 2. The smallest absolute Gasteiger partial charge is 0.407 e. The molecule has 1 aliphatic heterocycles. The number of piperidine rings is 1. The van der Waals surface area contributed by atoms with Crippen molar-refractivity contribution < 1.29 is 9.90 Å². The third-order valence-corrected chi connectivity index (χ3v) is 4.99. The topological polar surface area (TPSA) is 109 Å². The van der Waals surface area contributed by atoms with E-state index in [-0.39, 0.29) is 6.04 Å². The number of amides is 1. The van der Waals surface area contributed by atoms with E-state index in [1.807, 2.05) is 36.4 Å². The number of imidazole rings is 1. The van der Waals surface area contributed by atoms with E-state index < -0.39 is 6.09 Å². The first-order valence-electron chi connectivity index (χ1n) is 9.01. The molecule has 3 aromatic rings. The minimum absolute atomic E-state index is 0.178. The van der Waals surface area contributed by atoms with Crippen LogP contribution in [0.25, 0.3) is 11.0 Å². The van der Waals surface area contributed by atoms with Crippen LogP contribution in [0.2, 0.25) is 0 Å². The summed E-state index contributed by atoms with van der Waals surface area (Å²) in [5, 5.41) is 12.6. The number of rotatable bonds is 4. The molecule has 1 aromatic carbocycles. The zero-order valence-electron chi connectivity index (χ0n) is 14.9. The molecule has 1 fully saturated rings. The molecule has 0 aliphatic carbocycles.